The lowest BCUT2D eigenvalue weighted by Gasteiger charge is -2.50. The number of rotatable bonds is 7. The Kier molecular flexibility index (Phi) is 5.69. The minimum Gasteiger partial charge on any atom is -0.545 e. The molecule has 2 heterocycles. The van der Waals surface area contributed by atoms with E-state index in [1.54, 1.807) is 18.2 Å². The predicted molar refractivity (Wildman–Crippen MR) is 125 cm³/mol. The number of carboxylic acids is 1. The molecule has 0 unspecified atom stereocenters. The summed E-state index contributed by atoms with van der Waals surface area (Å²) in [6.07, 6.45) is 10.7. The summed E-state index contributed by atoms with van der Waals surface area (Å²) < 4.78 is 0. The summed E-state index contributed by atoms with van der Waals surface area (Å²) in [5.74, 6) is -0.472. The number of non-ortho nitro benzene ring substituents is 1. The number of carbonyl (C=O) groups excluding carboxylic acids is 1. The number of carbonyl (C=O) groups is 1. The van der Waals surface area contributed by atoms with E-state index < -0.39 is 5.97 Å². The second-order valence-corrected chi connectivity index (χ2v) is 9.62. The Bertz CT molecular complexity index is 1130. The summed E-state index contributed by atoms with van der Waals surface area (Å²) >= 11 is 0. The van der Waals surface area contributed by atoms with Gasteiger partial charge in [-0.05, 0) is 65.5 Å². The van der Waals surface area contributed by atoms with Gasteiger partial charge in [0.2, 0.25) is 0 Å². The Morgan fingerprint density at radius 1 is 1.18 bits per heavy atom. The van der Waals surface area contributed by atoms with Gasteiger partial charge in [0, 0.05) is 30.3 Å². The number of nitrogens with zero attached hydrogens (tertiary/aromatic N) is 2. The van der Waals surface area contributed by atoms with E-state index in [1.807, 2.05) is 18.2 Å². The normalized spacial score (nSPS) is 24.9. The van der Waals surface area contributed by atoms with E-state index in [1.165, 1.54) is 6.42 Å². The number of allylic oxidation sites excluding steroid dienone is 2. The average molecular weight is 446 g/mol. The van der Waals surface area contributed by atoms with Gasteiger partial charge in [-0.25, -0.2) is 0 Å². The highest BCUT2D eigenvalue weighted by Crippen LogP contribution is 2.57. The molecular weight excluding hydrogens is 416 g/mol. The number of anilines is 1. The lowest BCUT2D eigenvalue weighted by molar-refractivity contribution is -0.384. The third kappa shape index (κ3) is 3.71. The van der Waals surface area contributed by atoms with Crippen LogP contribution in [0.3, 0.4) is 0 Å². The van der Waals surface area contributed by atoms with Crippen LogP contribution in [0, 0.1) is 16.0 Å². The number of hydrogen-bond acceptors (Lipinski definition) is 5. The Morgan fingerprint density at radius 2 is 2.00 bits per heavy atom. The molecule has 4 atom stereocenters. The summed E-state index contributed by atoms with van der Waals surface area (Å²) in [6.45, 7) is 3.06. The molecule has 33 heavy (non-hydrogen) atoms. The van der Waals surface area contributed by atoms with Gasteiger partial charge in [0.05, 0.1) is 16.9 Å². The zero-order valence-electron chi connectivity index (χ0n) is 18.9. The summed E-state index contributed by atoms with van der Waals surface area (Å²) in [5.41, 5.74) is 4.68. The molecule has 3 aliphatic rings. The molecule has 2 aliphatic heterocycles. The van der Waals surface area contributed by atoms with E-state index in [2.05, 4.69) is 24.0 Å². The molecular formula is C27H29N2O4-. The van der Waals surface area contributed by atoms with E-state index in [0.29, 0.717) is 5.92 Å². The number of nitro groups is 1. The molecule has 6 heteroatoms. The largest absolute Gasteiger partial charge is 0.545 e. The van der Waals surface area contributed by atoms with Crippen molar-refractivity contribution >= 4 is 17.3 Å². The minimum absolute atomic E-state index is 0.0292. The van der Waals surface area contributed by atoms with Gasteiger partial charge in [-0.1, -0.05) is 50.5 Å². The van der Waals surface area contributed by atoms with Crippen molar-refractivity contribution in [3.63, 3.8) is 0 Å². The van der Waals surface area contributed by atoms with Gasteiger partial charge in [0.15, 0.2) is 0 Å². The first kappa shape index (κ1) is 21.7. The van der Waals surface area contributed by atoms with Crippen molar-refractivity contribution in [2.75, 3.05) is 11.4 Å². The van der Waals surface area contributed by atoms with Gasteiger partial charge < -0.3 is 14.8 Å². The van der Waals surface area contributed by atoms with Crippen molar-refractivity contribution in [2.24, 2.45) is 5.92 Å². The zero-order valence-corrected chi connectivity index (χ0v) is 18.9. The van der Waals surface area contributed by atoms with Crippen molar-refractivity contribution < 1.29 is 14.8 Å². The first-order chi connectivity index (χ1) is 16.0. The summed E-state index contributed by atoms with van der Waals surface area (Å²) in [5, 5.41) is 23.4. The number of nitro benzene ring substituents is 1. The molecule has 6 nitrogen and oxygen atoms in total. The Hall–Kier alpha value is -3.15. The van der Waals surface area contributed by atoms with Gasteiger partial charge in [0.1, 0.15) is 0 Å². The molecule has 0 radical (unpaired) electrons. The van der Waals surface area contributed by atoms with Crippen LogP contribution in [0.2, 0.25) is 0 Å². The minimum atomic E-state index is -1.13. The lowest BCUT2D eigenvalue weighted by Crippen LogP contribution is -2.44. The summed E-state index contributed by atoms with van der Waals surface area (Å²) in [7, 11) is 0. The molecule has 0 spiro atoms. The lowest BCUT2D eigenvalue weighted by atomic mass is 9.71. The van der Waals surface area contributed by atoms with Crippen LogP contribution in [0.25, 0.3) is 0 Å². The highest BCUT2D eigenvalue weighted by Gasteiger charge is 2.45. The molecule has 1 aliphatic carbocycles. The third-order valence-electron chi connectivity index (χ3n) is 7.74. The van der Waals surface area contributed by atoms with E-state index in [-0.39, 0.29) is 34.1 Å². The number of aromatic carboxylic acids is 1. The second kappa shape index (κ2) is 8.65. The van der Waals surface area contributed by atoms with Gasteiger partial charge >= 0.3 is 0 Å². The van der Waals surface area contributed by atoms with Crippen molar-refractivity contribution in [3.8, 4) is 0 Å². The van der Waals surface area contributed by atoms with Crippen molar-refractivity contribution in [1.29, 1.82) is 0 Å². The van der Waals surface area contributed by atoms with Gasteiger partial charge in [-0.15, -0.1) is 0 Å². The molecule has 0 N–H and O–H groups in total. The number of fused-ring (bicyclic) bond motifs is 2. The maximum atomic E-state index is 11.9. The first-order valence-corrected chi connectivity index (χ1v) is 12.1. The van der Waals surface area contributed by atoms with E-state index in [4.69, 9.17) is 0 Å². The molecule has 0 saturated carbocycles. The third-order valence-corrected chi connectivity index (χ3v) is 7.74. The van der Waals surface area contributed by atoms with Gasteiger partial charge in [0.25, 0.3) is 5.69 Å². The van der Waals surface area contributed by atoms with Crippen LogP contribution in [0.4, 0.5) is 11.4 Å². The number of hydrogen-bond donors (Lipinski definition) is 0. The summed E-state index contributed by atoms with van der Waals surface area (Å²) in [4.78, 5) is 25.4. The maximum Gasteiger partial charge on any atom is 0.269 e. The Morgan fingerprint density at radius 3 is 2.76 bits per heavy atom. The topological polar surface area (TPSA) is 86.5 Å². The number of carboxylic acid groups (broad SMARTS) is 1. The van der Waals surface area contributed by atoms with E-state index in [0.717, 1.165) is 61.0 Å². The smallest absolute Gasteiger partial charge is 0.269 e. The SMILES string of the molecule is CCCCC[C@H]1CCN2c3c1cc(C(=O)[O-])cc3[C@@H]1C=CC[C@@H]1[C@@H]2c1cccc([N+](=O)[O-])c1. The number of unbranched alkanes of at least 4 members (excludes halogenated alkanes) is 2. The molecule has 2 aromatic rings. The maximum absolute atomic E-state index is 11.9. The summed E-state index contributed by atoms with van der Waals surface area (Å²) in [6, 6.07) is 10.7. The van der Waals surface area contributed by atoms with Crippen LogP contribution >= 0.6 is 0 Å². The van der Waals surface area contributed by atoms with Crippen LogP contribution in [0.1, 0.15) is 90.4 Å². The van der Waals surface area contributed by atoms with E-state index >= 15 is 0 Å². The van der Waals surface area contributed by atoms with Crippen LogP contribution < -0.4 is 10.0 Å². The van der Waals surface area contributed by atoms with Crippen molar-refractivity contribution in [3.05, 3.63) is 80.9 Å². The highest BCUT2D eigenvalue weighted by molar-refractivity contribution is 5.88. The molecule has 0 saturated heterocycles. The van der Waals surface area contributed by atoms with E-state index in [9.17, 15) is 20.0 Å². The highest BCUT2D eigenvalue weighted by atomic mass is 16.6. The van der Waals surface area contributed by atoms with Crippen molar-refractivity contribution in [1.82, 2.24) is 0 Å². The fraction of sp³-hybridized carbons (Fsp3) is 0.444. The first-order valence-electron chi connectivity index (χ1n) is 12.1. The molecule has 2 aromatic carbocycles. The van der Waals surface area contributed by atoms with Crippen molar-refractivity contribution in [2.45, 2.75) is 63.3 Å². The predicted octanol–water partition coefficient (Wildman–Crippen LogP) is 5.25. The standard InChI is InChI=1S/C27H30N2O4/c1-2-3-4-7-17-12-13-28-25(18-8-5-9-20(14-18)29(32)33)22-11-6-10-21(22)24-16-19(27(30)31)15-23(17)26(24)28/h5-6,8-10,14-17,21-22,25H,2-4,7,11-13H2,1H3,(H,30,31)/p-1/t17-,21+,22-,25-/m0/s1. The zero-order chi connectivity index (χ0) is 23.1. The quantitative estimate of drug-likeness (QED) is 0.252. The molecule has 0 fully saturated rings. The average Bonchev–Trinajstić information content (AvgIpc) is 3.30. The fourth-order valence-electron chi connectivity index (χ4n) is 6.29. The monoisotopic (exact) mass is 445 g/mol. The Balaban J connectivity index is 1.65. The molecule has 0 aromatic heterocycles. The van der Waals surface area contributed by atoms with Crippen LogP contribution in [-0.4, -0.2) is 17.4 Å². The Labute approximate surface area is 194 Å². The second-order valence-electron chi connectivity index (χ2n) is 9.62. The van der Waals surface area contributed by atoms with Crippen LogP contribution in [0.15, 0.2) is 48.6 Å². The molecule has 172 valence electrons. The molecule has 0 amide bonds. The van der Waals surface area contributed by atoms with Gasteiger partial charge in [-0.3, -0.25) is 10.1 Å². The van der Waals surface area contributed by atoms with Gasteiger partial charge in [-0.2, -0.15) is 0 Å². The number of benzene rings is 2. The molecule has 5 rings (SSSR count). The fourth-order valence-corrected chi connectivity index (χ4v) is 6.29. The molecule has 0 bridgehead atoms. The van der Waals surface area contributed by atoms with Crippen LogP contribution in [-0.2, 0) is 0 Å². The van der Waals surface area contributed by atoms with Crippen LogP contribution in [0.5, 0.6) is 0 Å².